The highest BCUT2D eigenvalue weighted by atomic mass is 16.5. The Labute approximate surface area is 127 Å². The molecule has 6 heteroatoms. The largest absolute Gasteiger partial charge is 0.464 e. The minimum Gasteiger partial charge on any atom is -0.464 e. The molecule has 2 rings (SSSR count). The van der Waals surface area contributed by atoms with Gasteiger partial charge in [0, 0.05) is 19.1 Å². The fraction of sp³-hybridized carbons (Fsp3) is 0.800. The van der Waals surface area contributed by atoms with E-state index in [9.17, 15) is 0 Å². The Hall–Kier alpha value is -1.59. The molecule has 1 aromatic rings. The molecule has 1 N–H and O–H groups in total. The van der Waals surface area contributed by atoms with E-state index in [0.29, 0.717) is 24.6 Å². The molecule has 0 unspecified atom stereocenters. The summed E-state index contributed by atoms with van der Waals surface area (Å²) in [5.74, 6) is 1.33. The third-order valence-corrected chi connectivity index (χ3v) is 3.82. The summed E-state index contributed by atoms with van der Waals surface area (Å²) >= 11 is 0. The van der Waals surface area contributed by atoms with Gasteiger partial charge in [-0.1, -0.05) is 19.3 Å². The molecule has 1 fully saturated rings. The van der Waals surface area contributed by atoms with Gasteiger partial charge in [0.25, 0.3) is 0 Å². The van der Waals surface area contributed by atoms with Crippen LogP contribution in [0.5, 0.6) is 6.01 Å². The number of nitrogens with one attached hydrogen (secondary N) is 1. The van der Waals surface area contributed by atoms with E-state index in [2.05, 4.69) is 32.1 Å². The normalized spacial score (nSPS) is 15.8. The average Bonchev–Trinajstić information content (AvgIpc) is 2.50. The highest BCUT2D eigenvalue weighted by molar-refractivity contribution is 5.39. The molecule has 21 heavy (non-hydrogen) atoms. The zero-order valence-electron chi connectivity index (χ0n) is 13.4. The summed E-state index contributed by atoms with van der Waals surface area (Å²) < 4.78 is 5.49. The first-order chi connectivity index (χ1) is 10.3. The van der Waals surface area contributed by atoms with Crippen LogP contribution in [0.1, 0.15) is 52.9 Å². The molecule has 0 saturated heterocycles. The Kier molecular flexibility index (Phi) is 6.02. The highest BCUT2D eigenvalue weighted by Gasteiger charge is 2.23. The Morgan fingerprint density at radius 3 is 2.48 bits per heavy atom. The van der Waals surface area contributed by atoms with E-state index < -0.39 is 0 Å². The fourth-order valence-electron chi connectivity index (χ4n) is 2.86. The summed E-state index contributed by atoms with van der Waals surface area (Å²) in [6.07, 6.45) is 6.38. The van der Waals surface area contributed by atoms with Crippen LogP contribution >= 0.6 is 0 Å². The van der Waals surface area contributed by atoms with Gasteiger partial charge in [0.1, 0.15) is 0 Å². The molecule has 0 radical (unpaired) electrons. The van der Waals surface area contributed by atoms with Gasteiger partial charge in [-0.15, -0.1) is 0 Å². The van der Waals surface area contributed by atoms with E-state index in [1.54, 1.807) is 0 Å². The van der Waals surface area contributed by atoms with Crippen molar-refractivity contribution < 1.29 is 4.74 Å². The zero-order valence-corrected chi connectivity index (χ0v) is 13.4. The van der Waals surface area contributed by atoms with Crippen LogP contribution in [0.4, 0.5) is 11.9 Å². The molecule has 1 saturated carbocycles. The van der Waals surface area contributed by atoms with Crippen LogP contribution in [0, 0.1) is 0 Å². The van der Waals surface area contributed by atoms with Gasteiger partial charge in [-0.05, 0) is 33.6 Å². The highest BCUT2D eigenvalue weighted by Crippen LogP contribution is 2.26. The Morgan fingerprint density at radius 2 is 1.86 bits per heavy atom. The van der Waals surface area contributed by atoms with E-state index in [-0.39, 0.29) is 0 Å². The minimum atomic E-state index is 0.410. The lowest BCUT2D eigenvalue weighted by molar-refractivity contribution is 0.311. The summed E-state index contributed by atoms with van der Waals surface area (Å²) in [5, 5.41) is 3.16. The molecular weight excluding hydrogens is 266 g/mol. The van der Waals surface area contributed by atoms with Crippen molar-refractivity contribution in [2.45, 2.75) is 58.9 Å². The van der Waals surface area contributed by atoms with Crippen LogP contribution in [0.3, 0.4) is 0 Å². The Balaban J connectivity index is 2.25. The van der Waals surface area contributed by atoms with Gasteiger partial charge >= 0.3 is 6.01 Å². The predicted molar refractivity (Wildman–Crippen MR) is 85.1 cm³/mol. The van der Waals surface area contributed by atoms with Crippen LogP contribution in [-0.4, -0.2) is 40.7 Å². The van der Waals surface area contributed by atoms with Gasteiger partial charge in [-0.25, -0.2) is 0 Å². The van der Waals surface area contributed by atoms with E-state index in [1.807, 2.05) is 13.8 Å². The number of hydrogen-bond acceptors (Lipinski definition) is 6. The lowest BCUT2D eigenvalue weighted by Gasteiger charge is -2.33. The quantitative estimate of drug-likeness (QED) is 0.834. The van der Waals surface area contributed by atoms with Gasteiger partial charge in [0.15, 0.2) is 0 Å². The molecule has 1 aromatic heterocycles. The van der Waals surface area contributed by atoms with Crippen LogP contribution in [0.15, 0.2) is 0 Å². The molecule has 118 valence electrons. The van der Waals surface area contributed by atoms with Crippen molar-refractivity contribution in [3.63, 3.8) is 0 Å². The first kappa shape index (κ1) is 15.8. The molecule has 1 aliphatic carbocycles. The molecule has 1 heterocycles. The number of anilines is 2. The lowest BCUT2D eigenvalue weighted by atomic mass is 9.94. The summed E-state index contributed by atoms with van der Waals surface area (Å²) in [7, 11) is 0. The second kappa shape index (κ2) is 8.00. The van der Waals surface area contributed by atoms with Crippen LogP contribution in [0.25, 0.3) is 0 Å². The molecule has 0 aliphatic heterocycles. The first-order valence-electron chi connectivity index (χ1n) is 8.17. The SMILES string of the molecule is CCNc1nc(OCC)nc(N(CC)C2CCCCC2)n1. The Morgan fingerprint density at radius 1 is 1.10 bits per heavy atom. The van der Waals surface area contributed by atoms with Gasteiger partial charge in [-0.2, -0.15) is 15.0 Å². The second-order valence-electron chi connectivity index (χ2n) is 5.28. The predicted octanol–water partition coefficient (Wildman–Crippen LogP) is 2.86. The van der Waals surface area contributed by atoms with Crippen LogP contribution < -0.4 is 15.0 Å². The van der Waals surface area contributed by atoms with Crippen LogP contribution in [0.2, 0.25) is 0 Å². The molecule has 0 bridgehead atoms. The van der Waals surface area contributed by atoms with Crippen molar-refractivity contribution in [3.8, 4) is 6.01 Å². The minimum absolute atomic E-state index is 0.410. The molecule has 1 aliphatic rings. The van der Waals surface area contributed by atoms with Crippen molar-refractivity contribution in [1.29, 1.82) is 0 Å². The summed E-state index contributed by atoms with van der Waals surface area (Å²) in [6.45, 7) is 8.38. The van der Waals surface area contributed by atoms with Gasteiger partial charge in [0.05, 0.1) is 6.61 Å². The summed E-state index contributed by atoms with van der Waals surface area (Å²) in [4.78, 5) is 15.6. The van der Waals surface area contributed by atoms with E-state index >= 15 is 0 Å². The fourth-order valence-corrected chi connectivity index (χ4v) is 2.86. The Bertz CT molecular complexity index is 410. The number of hydrogen-bond donors (Lipinski definition) is 1. The molecule has 0 atom stereocenters. The van der Waals surface area contributed by atoms with E-state index in [4.69, 9.17) is 4.74 Å². The maximum absolute atomic E-state index is 5.49. The van der Waals surface area contributed by atoms with Gasteiger partial charge in [0.2, 0.25) is 11.9 Å². The molecular formula is C15H27N5O. The molecule has 0 spiro atoms. The standard InChI is InChI=1S/C15H27N5O/c1-4-16-13-17-14(19-15(18-13)21-6-3)20(5-2)12-10-8-7-9-11-12/h12H,4-11H2,1-3H3,(H,16,17,18,19). The van der Waals surface area contributed by atoms with Crippen molar-refractivity contribution in [3.05, 3.63) is 0 Å². The van der Waals surface area contributed by atoms with E-state index in [0.717, 1.165) is 19.0 Å². The molecule has 0 amide bonds. The zero-order chi connectivity index (χ0) is 15.1. The van der Waals surface area contributed by atoms with Gasteiger partial charge in [-0.3, -0.25) is 0 Å². The smallest absolute Gasteiger partial charge is 0.323 e. The molecule has 6 nitrogen and oxygen atoms in total. The maximum atomic E-state index is 5.49. The van der Waals surface area contributed by atoms with Gasteiger partial charge < -0.3 is 15.0 Å². The van der Waals surface area contributed by atoms with Crippen molar-refractivity contribution in [2.24, 2.45) is 0 Å². The first-order valence-corrected chi connectivity index (χ1v) is 8.17. The van der Waals surface area contributed by atoms with Crippen molar-refractivity contribution >= 4 is 11.9 Å². The van der Waals surface area contributed by atoms with Crippen molar-refractivity contribution in [1.82, 2.24) is 15.0 Å². The van der Waals surface area contributed by atoms with Crippen molar-refractivity contribution in [2.75, 3.05) is 29.9 Å². The molecule has 0 aromatic carbocycles. The third-order valence-electron chi connectivity index (χ3n) is 3.82. The number of nitrogens with zero attached hydrogens (tertiary/aromatic N) is 4. The third kappa shape index (κ3) is 4.19. The number of aromatic nitrogens is 3. The summed E-state index contributed by atoms with van der Waals surface area (Å²) in [5.41, 5.74) is 0. The van der Waals surface area contributed by atoms with Crippen LogP contribution in [-0.2, 0) is 0 Å². The van der Waals surface area contributed by atoms with E-state index in [1.165, 1.54) is 32.1 Å². The number of ether oxygens (including phenoxy) is 1. The monoisotopic (exact) mass is 293 g/mol. The average molecular weight is 293 g/mol. The second-order valence-corrected chi connectivity index (χ2v) is 5.28. The lowest BCUT2D eigenvalue weighted by Crippen LogP contribution is -2.38. The number of rotatable bonds is 7. The topological polar surface area (TPSA) is 63.2 Å². The summed E-state index contributed by atoms with van der Waals surface area (Å²) in [6, 6.07) is 0.947. The maximum Gasteiger partial charge on any atom is 0.323 e.